The van der Waals surface area contributed by atoms with Crippen molar-refractivity contribution in [3.63, 3.8) is 0 Å². The second-order valence-electron chi connectivity index (χ2n) is 5.45. The van der Waals surface area contributed by atoms with Crippen LogP contribution in [0.25, 0.3) is 0 Å². The summed E-state index contributed by atoms with van der Waals surface area (Å²) in [5.41, 5.74) is 0.786. The maximum absolute atomic E-state index is 12.6. The minimum Gasteiger partial charge on any atom is -0.478 e. The highest BCUT2D eigenvalue weighted by molar-refractivity contribution is 6.42. The largest absolute Gasteiger partial charge is 0.478 e. The number of carboxylic acid groups (broad SMARTS) is 1. The van der Waals surface area contributed by atoms with Gasteiger partial charge in [-0.3, -0.25) is 9.59 Å². The zero-order valence-electron chi connectivity index (χ0n) is 12.7. The Hall–Kier alpha value is -2.57. The van der Waals surface area contributed by atoms with Crippen LogP contribution in [0.15, 0.2) is 42.5 Å². The fraction of sp³-hybridized carbons (Fsp3) is 0.118. The predicted octanol–water partition coefficient (Wildman–Crippen LogP) is 3.44. The highest BCUT2D eigenvalue weighted by atomic mass is 35.5. The molecular weight excluding hydrogens is 367 g/mol. The zero-order valence-corrected chi connectivity index (χ0v) is 14.2. The highest BCUT2D eigenvalue weighted by Gasteiger charge is 2.39. The number of hydrogen-bond donors (Lipinski definition) is 2. The van der Waals surface area contributed by atoms with Crippen LogP contribution in [-0.2, 0) is 9.59 Å². The third-order valence-electron chi connectivity index (χ3n) is 3.76. The summed E-state index contributed by atoms with van der Waals surface area (Å²) < 4.78 is 0. The third kappa shape index (κ3) is 3.45. The predicted molar refractivity (Wildman–Crippen MR) is 94.4 cm³/mol. The molecule has 0 bridgehead atoms. The standard InChI is InChI=1S/C17H12Cl2N2O4/c18-12-5-4-10(7-13(12)19)20-14-8-15(22)21(16(14)23)11-3-1-2-9(6-11)17(24)25/h1-7,14,20H,8H2,(H,24,25)/t14-/m0/s1. The molecule has 2 aromatic carbocycles. The fourth-order valence-corrected chi connectivity index (χ4v) is 2.88. The number of imide groups is 1. The first-order valence-electron chi connectivity index (χ1n) is 7.28. The van der Waals surface area contributed by atoms with Crippen LogP contribution in [0.2, 0.25) is 10.0 Å². The Bertz CT molecular complexity index is 885. The molecule has 2 N–H and O–H groups in total. The summed E-state index contributed by atoms with van der Waals surface area (Å²) in [5, 5.41) is 12.7. The van der Waals surface area contributed by atoms with E-state index in [4.69, 9.17) is 28.3 Å². The summed E-state index contributed by atoms with van der Waals surface area (Å²) in [6.45, 7) is 0. The molecule has 8 heteroatoms. The molecule has 0 saturated carbocycles. The van der Waals surface area contributed by atoms with Crippen molar-refractivity contribution in [3.8, 4) is 0 Å². The SMILES string of the molecule is O=C(O)c1cccc(N2C(=O)C[C@H](Nc3ccc(Cl)c(Cl)c3)C2=O)c1. The smallest absolute Gasteiger partial charge is 0.335 e. The van der Waals surface area contributed by atoms with E-state index in [1.807, 2.05) is 0 Å². The molecule has 1 aliphatic rings. The summed E-state index contributed by atoms with van der Waals surface area (Å²) in [6.07, 6.45) is -0.0453. The Morgan fingerprint density at radius 1 is 1.12 bits per heavy atom. The molecule has 128 valence electrons. The van der Waals surface area contributed by atoms with Gasteiger partial charge in [-0.1, -0.05) is 29.3 Å². The van der Waals surface area contributed by atoms with Crippen LogP contribution >= 0.6 is 23.2 Å². The van der Waals surface area contributed by atoms with Crippen LogP contribution in [0.1, 0.15) is 16.8 Å². The normalized spacial score (nSPS) is 17.0. The highest BCUT2D eigenvalue weighted by Crippen LogP contribution is 2.28. The van der Waals surface area contributed by atoms with Crippen molar-refractivity contribution >= 4 is 52.4 Å². The van der Waals surface area contributed by atoms with E-state index in [1.165, 1.54) is 24.3 Å². The van der Waals surface area contributed by atoms with Crippen LogP contribution in [0.3, 0.4) is 0 Å². The summed E-state index contributed by atoms with van der Waals surface area (Å²) in [7, 11) is 0. The van der Waals surface area contributed by atoms with Crippen molar-refractivity contribution in [2.24, 2.45) is 0 Å². The topological polar surface area (TPSA) is 86.7 Å². The van der Waals surface area contributed by atoms with Gasteiger partial charge in [0.25, 0.3) is 5.91 Å². The summed E-state index contributed by atoms with van der Waals surface area (Å²) in [6, 6.07) is 9.72. The van der Waals surface area contributed by atoms with E-state index in [-0.39, 0.29) is 17.7 Å². The van der Waals surface area contributed by atoms with Gasteiger partial charge in [0.15, 0.2) is 0 Å². The van der Waals surface area contributed by atoms with Crippen molar-refractivity contribution in [1.29, 1.82) is 0 Å². The second-order valence-corrected chi connectivity index (χ2v) is 6.27. The zero-order chi connectivity index (χ0) is 18.1. The van der Waals surface area contributed by atoms with E-state index in [1.54, 1.807) is 18.2 Å². The van der Waals surface area contributed by atoms with E-state index < -0.39 is 23.8 Å². The molecule has 1 saturated heterocycles. The molecule has 3 rings (SSSR count). The lowest BCUT2D eigenvalue weighted by atomic mass is 10.2. The minimum atomic E-state index is -1.13. The van der Waals surface area contributed by atoms with Crippen LogP contribution in [0, 0.1) is 0 Å². The lowest BCUT2D eigenvalue weighted by Gasteiger charge is -2.16. The molecule has 1 heterocycles. The van der Waals surface area contributed by atoms with Crippen LogP contribution in [0.4, 0.5) is 11.4 Å². The molecule has 0 radical (unpaired) electrons. The number of halogens is 2. The number of amides is 2. The Morgan fingerprint density at radius 2 is 1.88 bits per heavy atom. The van der Waals surface area contributed by atoms with E-state index in [0.717, 1.165) is 4.90 Å². The Morgan fingerprint density at radius 3 is 2.56 bits per heavy atom. The van der Waals surface area contributed by atoms with Gasteiger partial charge >= 0.3 is 5.97 Å². The van der Waals surface area contributed by atoms with Crippen LogP contribution < -0.4 is 10.2 Å². The molecular formula is C17H12Cl2N2O4. The minimum absolute atomic E-state index is 0.000933. The van der Waals surface area contributed by atoms with Gasteiger partial charge < -0.3 is 10.4 Å². The maximum atomic E-state index is 12.6. The second kappa shape index (κ2) is 6.74. The number of aromatic carboxylic acids is 1. The number of nitrogens with zero attached hydrogens (tertiary/aromatic N) is 1. The fourth-order valence-electron chi connectivity index (χ4n) is 2.58. The van der Waals surface area contributed by atoms with Gasteiger partial charge in [0, 0.05) is 5.69 Å². The maximum Gasteiger partial charge on any atom is 0.335 e. The molecule has 0 spiro atoms. The monoisotopic (exact) mass is 378 g/mol. The van der Waals surface area contributed by atoms with Crippen LogP contribution in [0.5, 0.6) is 0 Å². The molecule has 25 heavy (non-hydrogen) atoms. The molecule has 2 amide bonds. The Kier molecular flexibility index (Phi) is 4.65. The molecule has 0 aliphatic carbocycles. The average Bonchev–Trinajstić information content (AvgIpc) is 2.85. The number of rotatable bonds is 4. The van der Waals surface area contributed by atoms with Crippen molar-refractivity contribution in [2.45, 2.75) is 12.5 Å². The van der Waals surface area contributed by atoms with E-state index in [9.17, 15) is 14.4 Å². The van der Waals surface area contributed by atoms with Gasteiger partial charge in [0.1, 0.15) is 6.04 Å². The quantitative estimate of drug-likeness (QED) is 0.795. The lowest BCUT2D eigenvalue weighted by molar-refractivity contribution is -0.121. The summed E-state index contributed by atoms with van der Waals surface area (Å²) >= 11 is 11.8. The van der Waals surface area contributed by atoms with Crippen molar-refractivity contribution in [3.05, 3.63) is 58.1 Å². The lowest BCUT2D eigenvalue weighted by Crippen LogP contribution is -2.34. The first kappa shape index (κ1) is 17.3. The number of anilines is 2. The average molecular weight is 379 g/mol. The first-order chi connectivity index (χ1) is 11.9. The van der Waals surface area contributed by atoms with Gasteiger partial charge in [0.05, 0.1) is 27.7 Å². The number of carbonyl (C=O) groups excluding carboxylic acids is 2. The van der Waals surface area contributed by atoms with Crippen LogP contribution in [-0.4, -0.2) is 28.9 Å². The van der Waals surface area contributed by atoms with E-state index >= 15 is 0 Å². The van der Waals surface area contributed by atoms with Gasteiger partial charge in [-0.2, -0.15) is 0 Å². The number of carbonyl (C=O) groups is 3. The molecule has 1 atom stereocenters. The molecule has 1 fully saturated rings. The Balaban J connectivity index is 1.83. The van der Waals surface area contributed by atoms with Gasteiger partial charge in [0.2, 0.25) is 5.91 Å². The Labute approximate surface area is 153 Å². The molecule has 2 aromatic rings. The third-order valence-corrected chi connectivity index (χ3v) is 4.50. The summed E-state index contributed by atoms with van der Waals surface area (Å²) in [5.74, 6) is -2.00. The van der Waals surface area contributed by atoms with E-state index in [2.05, 4.69) is 5.32 Å². The van der Waals surface area contributed by atoms with Gasteiger partial charge in [-0.05, 0) is 36.4 Å². The van der Waals surface area contributed by atoms with Gasteiger partial charge in [-0.15, -0.1) is 0 Å². The number of carboxylic acids is 1. The number of hydrogen-bond acceptors (Lipinski definition) is 4. The number of nitrogens with one attached hydrogen (secondary N) is 1. The van der Waals surface area contributed by atoms with E-state index in [0.29, 0.717) is 15.7 Å². The van der Waals surface area contributed by atoms with Crippen molar-refractivity contribution in [1.82, 2.24) is 0 Å². The van der Waals surface area contributed by atoms with Crippen molar-refractivity contribution in [2.75, 3.05) is 10.2 Å². The molecule has 1 aliphatic heterocycles. The molecule has 6 nitrogen and oxygen atoms in total. The molecule has 0 unspecified atom stereocenters. The van der Waals surface area contributed by atoms with Gasteiger partial charge in [-0.25, -0.2) is 9.69 Å². The number of benzene rings is 2. The van der Waals surface area contributed by atoms with Crippen molar-refractivity contribution < 1.29 is 19.5 Å². The first-order valence-corrected chi connectivity index (χ1v) is 8.04. The summed E-state index contributed by atoms with van der Waals surface area (Å²) in [4.78, 5) is 36.9. The molecule has 0 aromatic heterocycles.